The predicted octanol–water partition coefficient (Wildman–Crippen LogP) is 3.82. The summed E-state index contributed by atoms with van der Waals surface area (Å²) < 4.78 is 4.87. The lowest BCUT2D eigenvalue weighted by atomic mass is 9.70. The van der Waals surface area contributed by atoms with Gasteiger partial charge in [0.25, 0.3) is 0 Å². The van der Waals surface area contributed by atoms with E-state index in [1.165, 1.54) is 12.0 Å². The molecule has 0 aromatic carbocycles. The molecule has 0 aliphatic heterocycles. The average Bonchev–Trinajstić information content (AvgIpc) is 2.27. The molecule has 19 heavy (non-hydrogen) atoms. The minimum atomic E-state index is -0.205. The highest BCUT2D eigenvalue weighted by Gasteiger charge is 2.32. The number of ketones is 1. The van der Waals surface area contributed by atoms with Gasteiger partial charge in [-0.05, 0) is 50.5 Å². The molecule has 0 heterocycles. The summed E-state index contributed by atoms with van der Waals surface area (Å²) in [7, 11) is 0. The Morgan fingerprint density at radius 1 is 1.26 bits per heavy atom. The number of rotatable bonds is 6. The zero-order chi connectivity index (χ0) is 14.5. The predicted molar refractivity (Wildman–Crippen MR) is 75.8 cm³/mol. The van der Waals surface area contributed by atoms with Gasteiger partial charge in [0, 0.05) is 12.8 Å². The molecular formula is C16H26O3. The topological polar surface area (TPSA) is 43.4 Å². The van der Waals surface area contributed by atoms with Crippen LogP contribution in [-0.2, 0) is 14.3 Å². The molecule has 1 aliphatic rings. The molecule has 1 rings (SSSR count). The molecule has 0 unspecified atom stereocenters. The van der Waals surface area contributed by atoms with Crippen molar-refractivity contribution in [1.29, 1.82) is 0 Å². The summed E-state index contributed by atoms with van der Waals surface area (Å²) in [6.45, 7) is 8.56. The van der Waals surface area contributed by atoms with Gasteiger partial charge in [-0.15, -0.1) is 0 Å². The highest BCUT2D eigenvalue weighted by Crippen LogP contribution is 2.41. The number of Topliss-reactive ketones (excluding diaryl/α,β-unsaturated/α-hetero) is 1. The van der Waals surface area contributed by atoms with E-state index in [0.29, 0.717) is 25.9 Å². The van der Waals surface area contributed by atoms with E-state index in [2.05, 4.69) is 20.8 Å². The molecular weight excluding hydrogens is 240 g/mol. The molecule has 0 saturated heterocycles. The number of carbonyl (C=O) groups is 2. The lowest BCUT2D eigenvalue weighted by Crippen LogP contribution is -2.26. The SMILES string of the molecule is CCOC(=O)CCCC(=O)C1=C(C)CCCC1(C)C. The van der Waals surface area contributed by atoms with Gasteiger partial charge in [0.1, 0.15) is 0 Å². The Morgan fingerprint density at radius 2 is 1.95 bits per heavy atom. The Morgan fingerprint density at radius 3 is 2.53 bits per heavy atom. The molecule has 0 saturated carbocycles. The van der Waals surface area contributed by atoms with Crippen molar-refractivity contribution >= 4 is 11.8 Å². The van der Waals surface area contributed by atoms with Crippen LogP contribution in [0.25, 0.3) is 0 Å². The summed E-state index contributed by atoms with van der Waals surface area (Å²) in [6.07, 6.45) is 4.65. The molecule has 0 N–H and O–H groups in total. The second-order valence-electron chi connectivity index (χ2n) is 5.97. The first kappa shape index (κ1) is 15.9. The van der Waals surface area contributed by atoms with E-state index in [1.807, 2.05) is 0 Å². The van der Waals surface area contributed by atoms with Gasteiger partial charge >= 0.3 is 5.97 Å². The van der Waals surface area contributed by atoms with Crippen molar-refractivity contribution in [2.45, 2.75) is 66.2 Å². The van der Waals surface area contributed by atoms with Gasteiger partial charge in [0.05, 0.1) is 6.61 Å². The number of allylic oxidation sites excluding steroid dienone is 2. The first-order chi connectivity index (χ1) is 8.88. The third-order valence-corrected chi connectivity index (χ3v) is 3.83. The van der Waals surface area contributed by atoms with E-state index in [4.69, 9.17) is 4.74 Å². The number of hydrogen-bond acceptors (Lipinski definition) is 3. The smallest absolute Gasteiger partial charge is 0.305 e. The first-order valence-electron chi connectivity index (χ1n) is 7.27. The van der Waals surface area contributed by atoms with Crippen molar-refractivity contribution in [2.24, 2.45) is 5.41 Å². The Labute approximate surface area is 116 Å². The van der Waals surface area contributed by atoms with Crippen LogP contribution in [0.5, 0.6) is 0 Å². The number of carbonyl (C=O) groups excluding carboxylic acids is 2. The summed E-state index contributed by atoms with van der Waals surface area (Å²) in [6, 6.07) is 0. The minimum Gasteiger partial charge on any atom is -0.466 e. The van der Waals surface area contributed by atoms with Crippen molar-refractivity contribution in [3.63, 3.8) is 0 Å². The Hall–Kier alpha value is -1.12. The molecule has 0 spiro atoms. The van der Waals surface area contributed by atoms with Crippen LogP contribution < -0.4 is 0 Å². The van der Waals surface area contributed by atoms with Crippen molar-refractivity contribution in [2.75, 3.05) is 6.61 Å². The third kappa shape index (κ3) is 4.48. The zero-order valence-corrected chi connectivity index (χ0v) is 12.7. The lowest BCUT2D eigenvalue weighted by Gasteiger charge is -2.33. The fraction of sp³-hybridized carbons (Fsp3) is 0.750. The van der Waals surface area contributed by atoms with Crippen LogP contribution in [0.1, 0.15) is 66.2 Å². The largest absolute Gasteiger partial charge is 0.466 e. The molecule has 1 aliphatic carbocycles. The third-order valence-electron chi connectivity index (χ3n) is 3.83. The van der Waals surface area contributed by atoms with Crippen LogP contribution in [0.2, 0.25) is 0 Å². The maximum absolute atomic E-state index is 12.4. The normalized spacial score (nSPS) is 18.3. The monoisotopic (exact) mass is 266 g/mol. The van der Waals surface area contributed by atoms with Crippen molar-refractivity contribution in [1.82, 2.24) is 0 Å². The fourth-order valence-electron chi connectivity index (χ4n) is 2.99. The second kappa shape index (κ2) is 6.88. The van der Waals surface area contributed by atoms with Gasteiger partial charge in [-0.1, -0.05) is 19.4 Å². The Kier molecular flexibility index (Phi) is 5.77. The second-order valence-corrected chi connectivity index (χ2v) is 5.97. The van der Waals surface area contributed by atoms with E-state index in [1.54, 1.807) is 6.92 Å². The van der Waals surface area contributed by atoms with Crippen LogP contribution in [0, 0.1) is 5.41 Å². The van der Waals surface area contributed by atoms with Crippen LogP contribution >= 0.6 is 0 Å². The molecule has 0 aromatic heterocycles. The van der Waals surface area contributed by atoms with Crippen LogP contribution in [0.3, 0.4) is 0 Å². The summed E-state index contributed by atoms with van der Waals surface area (Å²) in [4.78, 5) is 23.6. The number of esters is 1. The molecule has 3 heteroatoms. The van der Waals surface area contributed by atoms with Gasteiger partial charge < -0.3 is 4.74 Å². The van der Waals surface area contributed by atoms with Gasteiger partial charge in [-0.2, -0.15) is 0 Å². The van der Waals surface area contributed by atoms with E-state index in [-0.39, 0.29) is 17.2 Å². The molecule has 3 nitrogen and oxygen atoms in total. The van der Waals surface area contributed by atoms with Crippen LogP contribution in [0.15, 0.2) is 11.1 Å². The summed E-state index contributed by atoms with van der Waals surface area (Å²) in [5.74, 6) is 0.00963. The van der Waals surface area contributed by atoms with E-state index < -0.39 is 0 Å². The molecule has 0 aromatic rings. The standard InChI is InChI=1S/C16H26O3/c1-5-19-14(18)10-6-9-13(17)15-12(2)8-7-11-16(15,3)4/h5-11H2,1-4H3. The molecule has 0 radical (unpaired) electrons. The van der Waals surface area contributed by atoms with Crippen LogP contribution in [0.4, 0.5) is 0 Å². The summed E-state index contributed by atoms with van der Waals surface area (Å²) in [5.41, 5.74) is 2.23. The molecule has 0 bridgehead atoms. The molecule has 0 amide bonds. The molecule has 0 atom stereocenters. The van der Waals surface area contributed by atoms with Crippen molar-refractivity contribution in [3.05, 3.63) is 11.1 Å². The van der Waals surface area contributed by atoms with Gasteiger partial charge in [-0.25, -0.2) is 0 Å². The van der Waals surface area contributed by atoms with Crippen molar-refractivity contribution < 1.29 is 14.3 Å². The summed E-state index contributed by atoms with van der Waals surface area (Å²) in [5, 5.41) is 0. The van der Waals surface area contributed by atoms with Crippen LogP contribution in [-0.4, -0.2) is 18.4 Å². The maximum Gasteiger partial charge on any atom is 0.305 e. The van der Waals surface area contributed by atoms with Gasteiger partial charge in [0.15, 0.2) is 5.78 Å². The zero-order valence-electron chi connectivity index (χ0n) is 12.7. The van der Waals surface area contributed by atoms with Gasteiger partial charge in [0.2, 0.25) is 0 Å². The van der Waals surface area contributed by atoms with Gasteiger partial charge in [-0.3, -0.25) is 9.59 Å². The first-order valence-corrected chi connectivity index (χ1v) is 7.27. The maximum atomic E-state index is 12.4. The van der Waals surface area contributed by atoms with E-state index >= 15 is 0 Å². The van der Waals surface area contributed by atoms with E-state index in [9.17, 15) is 9.59 Å². The highest BCUT2D eigenvalue weighted by atomic mass is 16.5. The Balaban J connectivity index is 2.55. The number of hydrogen-bond donors (Lipinski definition) is 0. The quantitative estimate of drug-likeness (QED) is 0.686. The minimum absolute atomic E-state index is 0.0106. The molecule has 0 fully saturated rings. The highest BCUT2D eigenvalue weighted by molar-refractivity contribution is 5.97. The lowest BCUT2D eigenvalue weighted by molar-refractivity contribution is -0.143. The van der Waals surface area contributed by atoms with Crippen molar-refractivity contribution in [3.8, 4) is 0 Å². The summed E-state index contributed by atoms with van der Waals surface area (Å²) >= 11 is 0. The number of ether oxygens (including phenoxy) is 1. The van der Waals surface area contributed by atoms with E-state index in [0.717, 1.165) is 18.4 Å². The molecule has 108 valence electrons. The average molecular weight is 266 g/mol. The fourth-order valence-corrected chi connectivity index (χ4v) is 2.99. The Bertz CT molecular complexity index is 377.